The zero-order chi connectivity index (χ0) is 10.6. The lowest BCUT2D eigenvalue weighted by molar-refractivity contribution is 0.289. The minimum atomic E-state index is 1.14. The van der Waals surface area contributed by atoms with Gasteiger partial charge in [0.25, 0.3) is 0 Å². The summed E-state index contributed by atoms with van der Waals surface area (Å²) in [4.78, 5) is 2.54. The molecule has 0 saturated carbocycles. The van der Waals surface area contributed by atoms with Crippen molar-refractivity contribution in [3.05, 3.63) is 19.3 Å². The maximum atomic E-state index is 2.54. The zero-order valence-corrected chi connectivity index (χ0v) is 12.9. The molecule has 3 aliphatic heterocycles. The lowest BCUT2D eigenvalue weighted by Gasteiger charge is -2.49. The lowest BCUT2D eigenvalue weighted by atomic mass is 10.1. The van der Waals surface area contributed by atoms with Crippen molar-refractivity contribution in [2.45, 2.75) is 0 Å². The first-order chi connectivity index (χ1) is 7.10. The van der Waals surface area contributed by atoms with Crippen LogP contribution in [-0.2, 0) is 0 Å². The first-order valence-corrected chi connectivity index (χ1v) is 7.35. The molecule has 1 fully saturated rings. The Kier molecular flexibility index (Phi) is 2.44. The Morgan fingerprint density at radius 2 is 1.73 bits per heavy atom. The number of anilines is 1. The number of quaternary nitrogens is 1. The summed E-state index contributed by atoms with van der Waals surface area (Å²) < 4.78 is 3.91. The summed E-state index contributed by atoms with van der Waals surface area (Å²) in [6, 6.07) is 4.73. The van der Waals surface area contributed by atoms with E-state index in [4.69, 9.17) is 0 Å². The highest BCUT2D eigenvalue weighted by molar-refractivity contribution is 14.1. The first-order valence-electron chi connectivity index (χ1n) is 5.19. The quantitative estimate of drug-likeness (QED) is 0.455. The summed E-state index contributed by atoms with van der Waals surface area (Å²) in [5.74, 6) is 0. The average Bonchev–Trinajstić information content (AvgIpc) is 2.21. The van der Waals surface area contributed by atoms with Crippen LogP contribution < -0.4 is 9.38 Å². The van der Waals surface area contributed by atoms with Crippen LogP contribution in [0.3, 0.4) is 0 Å². The smallest absolute Gasteiger partial charge is 0.157 e. The van der Waals surface area contributed by atoms with E-state index in [1.165, 1.54) is 44.7 Å². The summed E-state index contributed by atoms with van der Waals surface area (Å²) in [6.45, 7) is 4.98. The number of hydrogen-bond donors (Lipinski definition) is 0. The minimum Gasteiger partial charge on any atom is -0.355 e. The van der Waals surface area contributed by atoms with Gasteiger partial charge in [-0.05, 0) is 51.2 Å². The highest BCUT2D eigenvalue weighted by atomic mass is 127. The van der Waals surface area contributed by atoms with Crippen LogP contribution in [0, 0.1) is 7.14 Å². The van der Waals surface area contributed by atoms with Gasteiger partial charge in [0.05, 0.1) is 20.1 Å². The predicted octanol–water partition coefficient (Wildman–Crippen LogP) is 2.67. The van der Waals surface area contributed by atoms with E-state index in [0.717, 1.165) is 4.48 Å². The summed E-state index contributed by atoms with van der Waals surface area (Å²) in [6.07, 6.45) is 0. The summed E-state index contributed by atoms with van der Waals surface area (Å²) in [5, 5.41) is 0. The molecular formula is C11H13I2N2+. The van der Waals surface area contributed by atoms with Gasteiger partial charge in [-0.1, -0.05) is 0 Å². The predicted molar refractivity (Wildman–Crippen MR) is 81.5 cm³/mol. The maximum absolute atomic E-state index is 2.54. The van der Waals surface area contributed by atoms with Gasteiger partial charge in [0.2, 0.25) is 0 Å². The zero-order valence-electron chi connectivity index (χ0n) is 8.63. The SMILES string of the molecule is C[N+]12CCN(CC1)c1cc(I)c(I)cc12. The molecule has 1 saturated heterocycles. The van der Waals surface area contributed by atoms with Gasteiger partial charge in [0, 0.05) is 13.2 Å². The van der Waals surface area contributed by atoms with E-state index in [0.29, 0.717) is 0 Å². The molecule has 0 radical (unpaired) electrons. The second-order valence-corrected chi connectivity index (χ2v) is 6.91. The number of piperazine rings is 1. The Hall–Kier alpha value is 0.440. The van der Waals surface area contributed by atoms with Crippen molar-refractivity contribution in [1.82, 2.24) is 4.48 Å². The maximum Gasteiger partial charge on any atom is 0.157 e. The number of rotatable bonds is 0. The van der Waals surface area contributed by atoms with Crippen LogP contribution in [0.25, 0.3) is 0 Å². The normalized spacial score (nSPS) is 21.7. The van der Waals surface area contributed by atoms with Crippen molar-refractivity contribution in [3.8, 4) is 0 Å². The van der Waals surface area contributed by atoms with Crippen LogP contribution >= 0.6 is 45.2 Å². The molecule has 15 heavy (non-hydrogen) atoms. The molecule has 0 unspecified atom stereocenters. The fraction of sp³-hybridized carbons (Fsp3) is 0.455. The third kappa shape index (κ3) is 1.51. The van der Waals surface area contributed by atoms with Crippen LogP contribution in [-0.4, -0.2) is 33.2 Å². The van der Waals surface area contributed by atoms with E-state index in [1.807, 2.05) is 0 Å². The minimum absolute atomic E-state index is 1.14. The number of hydrogen-bond acceptors (Lipinski definition) is 1. The molecule has 0 spiro atoms. The Bertz CT molecular complexity index is 423. The molecule has 3 heterocycles. The second-order valence-electron chi connectivity index (χ2n) is 4.59. The number of benzene rings is 1. The fourth-order valence-corrected chi connectivity index (χ4v) is 3.50. The van der Waals surface area contributed by atoms with Crippen molar-refractivity contribution < 1.29 is 0 Å². The van der Waals surface area contributed by atoms with Gasteiger partial charge in [-0.25, -0.2) is 0 Å². The third-order valence-electron chi connectivity index (χ3n) is 3.67. The van der Waals surface area contributed by atoms with Gasteiger partial charge in [0.15, 0.2) is 5.69 Å². The van der Waals surface area contributed by atoms with E-state index in [1.54, 1.807) is 0 Å². The Labute approximate surface area is 117 Å². The molecule has 0 atom stereocenters. The molecule has 80 valence electrons. The van der Waals surface area contributed by atoms with E-state index >= 15 is 0 Å². The van der Waals surface area contributed by atoms with Crippen LogP contribution in [0.5, 0.6) is 0 Å². The van der Waals surface area contributed by atoms with E-state index in [9.17, 15) is 0 Å². The Morgan fingerprint density at radius 1 is 1.13 bits per heavy atom. The van der Waals surface area contributed by atoms with Gasteiger partial charge in [0.1, 0.15) is 18.8 Å². The van der Waals surface area contributed by atoms with E-state index in [2.05, 4.69) is 69.3 Å². The van der Waals surface area contributed by atoms with Crippen molar-refractivity contribution in [1.29, 1.82) is 0 Å². The van der Waals surface area contributed by atoms with Crippen molar-refractivity contribution in [3.63, 3.8) is 0 Å². The van der Waals surface area contributed by atoms with Crippen molar-refractivity contribution in [2.75, 3.05) is 38.1 Å². The molecule has 0 N–H and O–H groups in total. The molecule has 3 aliphatic rings. The van der Waals surface area contributed by atoms with Crippen LogP contribution in [0.4, 0.5) is 11.4 Å². The molecule has 4 rings (SSSR count). The fourth-order valence-electron chi connectivity index (χ4n) is 2.60. The monoisotopic (exact) mass is 427 g/mol. The molecule has 2 bridgehead atoms. The molecular weight excluding hydrogens is 414 g/mol. The van der Waals surface area contributed by atoms with Gasteiger partial charge in [-0.3, -0.25) is 4.48 Å². The van der Waals surface area contributed by atoms with Gasteiger partial charge in [-0.2, -0.15) is 0 Å². The number of fused-ring (bicyclic) bond motifs is 2. The number of likely N-dealkylation sites (N-methyl/N-ethyl adjacent to an activating group) is 1. The second kappa shape index (κ2) is 3.46. The molecule has 1 aromatic carbocycles. The van der Waals surface area contributed by atoms with Gasteiger partial charge >= 0.3 is 0 Å². The Balaban J connectivity index is 2.25. The molecule has 0 amide bonds. The van der Waals surface area contributed by atoms with Crippen molar-refractivity contribution in [2.24, 2.45) is 0 Å². The number of nitrogens with zero attached hydrogens (tertiary/aromatic N) is 2. The van der Waals surface area contributed by atoms with Crippen LogP contribution in [0.1, 0.15) is 0 Å². The Morgan fingerprint density at radius 3 is 2.40 bits per heavy atom. The van der Waals surface area contributed by atoms with Crippen LogP contribution in [0.15, 0.2) is 12.1 Å². The van der Waals surface area contributed by atoms with Crippen LogP contribution in [0.2, 0.25) is 0 Å². The van der Waals surface area contributed by atoms with Gasteiger partial charge < -0.3 is 4.90 Å². The standard InChI is InChI=1S/C11H13I2N2/c1-15-4-2-14(3-5-15)10-6-8(12)9(13)7-11(10)15/h6-7H,2-5H2,1H3/q+1. The topological polar surface area (TPSA) is 3.24 Å². The van der Waals surface area contributed by atoms with E-state index < -0.39 is 0 Å². The highest BCUT2D eigenvalue weighted by Gasteiger charge is 2.40. The summed E-state index contributed by atoms with van der Waals surface area (Å²) in [5.41, 5.74) is 3.00. The summed E-state index contributed by atoms with van der Waals surface area (Å²) >= 11 is 4.88. The summed E-state index contributed by atoms with van der Waals surface area (Å²) in [7, 11) is 2.37. The van der Waals surface area contributed by atoms with Crippen molar-refractivity contribution >= 4 is 56.6 Å². The molecule has 4 heteroatoms. The largest absolute Gasteiger partial charge is 0.355 e. The average molecular weight is 427 g/mol. The molecule has 0 aliphatic carbocycles. The van der Waals surface area contributed by atoms with Gasteiger partial charge in [-0.15, -0.1) is 0 Å². The highest BCUT2D eigenvalue weighted by Crippen LogP contribution is 2.42. The lowest BCUT2D eigenvalue weighted by Crippen LogP contribution is -2.62. The number of halogens is 2. The van der Waals surface area contributed by atoms with E-state index in [-0.39, 0.29) is 0 Å². The third-order valence-corrected chi connectivity index (χ3v) is 6.48. The first kappa shape index (κ1) is 10.6. The molecule has 2 nitrogen and oxygen atoms in total. The molecule has 1 aromatic rings. The molecule has 0 aromatic heterocycles.